The minimum atomic E-state index is -0.336. The number of hydrazine groups is 1. The minimum Gasteiger partial charge on any atom is -0.467 e. The first kappa shape index (κ1) is 17.5. The number of fused-ring (bicyclic) bond motifs is 1. The number of furan rings is 1. The molecule has 6 heteroatoms. The van der Waals surface area contributed by atoms with E-state index in [0.29, 0.717) is 5.02 Å². The van der Waals surface area contributed by atoms with Gasteiger partial charge < -0.3 is 4.42 Å². The van der Waals surface area contributed by atoms with Gasteiger partial charge in [-0.15, -0.1) is 0 Å². The highest BCUT2D eigenvalue weighted by Crippen LogP contribution is 2.49. The van der Waals surface area contributed by atoms with Crippen molar-refractivity contribution < 1.29 is 9.21 Å². The van der Waals surface area contributed by atoms with Gasteiger partial charge >= 0.3 is 0 Å². The van der Waals surface area contributed by atoms with E-state index in [-0.39, 0.29) is 30.0 Å². The van der Waals surface area contributed by atoms with Crippen LogP contribution in [0.15, 0.2) is 71.3 Å². The number of hydrogen-bond donors (Lipinski definition) is 2. The molecule has 2 N–H and O–H groups in total. The molecule has 0 spiro atoms. The maximum absolute atomic E-state index is 13.4. The molecule has 5 nitrogen and oxygen atoms in total. The summed E-state index contributed by atoms with van der Waals surface area (Å²) in [7, 11) is 0. The highest BCUT2D eigenvalue weighted by molar-refractivity contribution is 6.30. The van der Waals surface area contributed by atoms with Gasteiger partial charge in [0.2, 0.25) is 5.91 Å². The highest BCUT2D eigenvalue weighted by Gasteiger charge is 2.56. The second-order valence-corrected chi connectivity index (χ2v) is 7.81. The summed E-state index contributed by atoms with van der Waals surface area (Å²) in [5.41, 5.74) is 9.65. The van der Waals surface area contributed by atoms with Gasteiger partial charge in [-0.3, -0.25) is 9.69 Å². The average molecular weight is 394 g/mol. The molecule has 142 valence electrons. The molecule has 28 heavy (non-hydrogen) atoms. The summed E-state index contributed by atoms with van der Waals surface area (Å²) in [6.07, 6.45) is 1.66. The van der Waals surface area contributed by atoms with E-state index in [1.807, 2.05) is 72.5 Å². The summed E-state index contributed by atoms with van der Waals surface area (Å²) >= 11 is 6.07. The zero-order valence-corrected chi connectivity index (χ0v) is 16.1. The van der Waals surface area contributed by atoms with Crippen LogP contribution >= 0.6 is 11.6 Å². The molecule has 1 aromatic heterocycles. The smallest absolute Gasteiger partial charge is 0.246 e. The van der Waals surface area contributed by atoms with Crippen molar-refractivity contribution in [3.8, 4) is 0 Å². The van der Waals surface area contributed by atoms with Gasteiger partial charge in [0.1, 0.15) is 17.8 Å². The van der Waals surface area contributed by atoms with Crippen molar-refractivity contribution >= 4 is 23.2 Å². The van der Waals surface area contributed by atoms with Crippen LogP contribution in [0, 0.1) is 12.8 Å². The van der Waals surface area contributed by atoms with Gasteiger partial charge in [0.05, 0.1) is 12.3 Å². The fraction of sp³-hybridized carbons (Fsp3) is 0.227. The van der Waals surface area contributed by atoms with E-state index in [9.17, 15) is 4.79 Å². The molecular formula is C22H20ClN3O2. The number of nitrogens with zero attached hydrogens (tertiary/aromatic N) is 1. The lowest BCUT2D eigenvalue weighted by atomic mass is 9.85. The molecule has 3 heterocycles. The fourth-order valence-corrected chi connectivity index (χ4v) is 4.49. The van der Waals surface area contributed by atoms with Crippen LogP contribution in [-0.4, -0.2) is 11.9 Å². The Hall–Kier alpha value is -2.60. The van der Waals surface area contributed by atoms with Gasteiger partial charge in [0, 0.05) is 16.6 Å². The lowest BCUT2D eigenvalue weighted by molar-refractivity contribution is -0.119. The zero-order chi connectivity index (χ0) is 19.3. The summed E-state index contributed by atoms with van der Waals surface area (Å²) in [6.45, 7) is 2.04. The lowest BCUT2D eigenvalue weighted by Crippen LogP contribution is -2.41. The van der Waals surface area contributed by atoms with E-state index in [1.54, 1.807) is 6.26 Å². The molecule has 5 rings (SSSR count). The molecule has 2 fully saturated rings. The molecule has 4 atom stereocenters. The van der Waals surface area contributed by atoms with E-state index in [0.717, 1.165) is 22.6 Å². The molecular weight excluding hydrogens is 374 g/mol. The number of halogens is 1. The fourth-order valence-electron chi connectivity index (χ4n) is 4.36. The Balaban J connectivity index is 1.60. The molecule has 1 amide bonds. The summed E-state index contributed by atoms with van der Waals surface area (Å²) < 4.78 is 5.78. The monoisotopic (exact) mass is 393 g/mol. The predicted molar refractivity (Wildman–Crippen MR) is 108 cm³/mol. The van der Waals surface area contributed by atoms with E-state index in [4.69, 9.17) is 16.0 Å². The summed E-state index contributed by atoms with van der Waals surface area (Å²) in [5.74, 6) is 0.797. The first-order valence-corrected chi connectivity index (χ1v) is 9.71. The number of nitrogens with one attached hydrogen (secondary N) is 2. The number of hydrogen-bond acceptors (Lipinski definition) is 4. The van der Waals surface area contributed by atoms with Crippen LogP contribution in [0.2, 0.25) is 5.02 Å². The van der Waals surface area contributed by atoms with Crippen molar-refractivity contribution in [1.29, 1.82) is 0 Å². The molecule has 2 aliphatic rings. The van der Waals surface area contributed by atoms with Crippen LogP contribution in [-0.2, 0) is 4.79 Å². The van der Waals surface area contributed by atoms with Gasteiger partial charge in [-0.1, -0.05) is 41.4 Å². The maximum atomic E-state index is 13.4. The van der Waals surface area contributed by atoms with Crippen LogP contribution in [0.25, 0.3) is 0 Å². The van der Waals surface area contributed by atoms with Gasteiger partial charge in [0.15, 0.2) is 0 Å². The Morgan fingerprint density at radius 3 is 2.36 bits per heavy atom. The van der Waals surface area contributed by atoms with Gasteiger partial charge in [-0.05, 0) is 48.9 Å². The molecule has 2 saturated heterocycles. The molecule has 2 aliphatic heterocycles. The lowest BCUT2D eigenvalue weighted by Gasteiger charge is -2.29. The van der Waals surface area contributed by atoms with Crippen LogP contribution < -0.4 is 15.8 Å². The third kappa shape index (κ3) is 2.75. The van der Waals surface area contributed by atoms with Crippen LogP contribution in [0.1, 0.15) is 29.0 Å². The Morgan fingerprint density at radius 1 is 0.964 bits per heavy atom. The van der Waals surface area contributed by atoms with Crippen LogP contribution in [0.4, 0.5) is 5.69 Å². The number of rotatable bonds is 3. The minimum absolute atomic E-state index is 0.0267. The molecule has 3 aromatic rings. The topological polar surface area (TPSA) is 57.5 Å². The second-order valence-electron chi connectivity index (χ2n) is 7.38. The molecule has 0 aliphatic carbocycles. The number of anilines is 1. The average Bonchev–Trinajstić information content (AvgIpc) is 3.42. The first-order valence-electron chi connectivity index (χ1n) is 9.33. The highest BCUT2D eigenvalue weighted by atomic mass is 35.5. The Kier molecular flexibility index (Phi) is 4.23. The molecule has 4 unspecified atom stereocenters. The van der Waals surface area contributed by atoms with E-state index >= 15 is 0 Å². The van der Waals surface area contributed by atoms with Gasteiger partial charge in [-0.2, -0.15) is 0 Å². The van der Waals surface area contributed by atoms with Crippen molar-refractivity contribution in [2.24, 2.45) is 5.92 Å². The van der Waals surface area contributed by atoms with Gasteiger partial charge in [0.25, 0.3) is 0 Å². The summed E-state index contributed by atoms with van der Waals surface area (Å²) in [4.78, 5) is 15.2. The van der Waals surface area contributed by atoms with Crippen LogP contribution in [0.5, 0.6) is 0 Å². The Labute approximate surface area is 168 Å². The largest absolute Gasteiger partial charge is 0.467 e. The predicted octanol–water partition coefficient (Wildman–Crippen LogP) is 4.16. The van der Waals surface area contributed by atoms with Gasteiger partial charge in [-0.25, -0.2) is 10.9 Å². The van der Waals surface area contributed by atoms with Crippen molar-refractivity contribution in [3.05, 3.63) is 88.8 Å². The number of aryl methyl sites for hydroxylation is 1. The molecule has 0 saturated carbocycles. The van der Waals surface area contributed by atoms with Crippen molar-refractivity contribution in [2.45, 2.75) is 25.0 Å². The number of carbonyl (C=O) groups is 1. The number of carbonyl (C=O) groups excluding carboxylic acids is 1. The van der Waals surface area contributed by atoms with E-state index in [1.165, 1.54) is 0 Å². The van der Waals surface area contributed by atoms with Crippen molar-refractivity contribution in [2.75, 3.05) is 4.90 Å². The Morgan fingerprint density at radius 2 is 1.68 bits per heavy atom. The van der Waals surface area contributed by atoms with Crippen molar-refractivity contribution in [3.63, 3.8) is 0 Å². The van der Waals surface area contributed by atoms with E-state index in [2.05, 4.69) is 10.9 Å². The quantitative estimate of drug-likeness (QED) is 0.701. The molecule has 0 bridgehead atoms. The summed E-state index contributed by atoms with van der Waals surface area (Å²) in [6, 6.07) is 19.0. The summed E-state index contributed by atoms with van der Waals surface area (Å²) in [5, 5.41) is 0.692. The number of benzene rings is 2. The second kappa shape index (κ2) is 6.78. The zero-order valence-electron chi connectivity index (χ0n) is 15.3. The maximum Gasteiger partial charge on any atom is 0.246 e. The van der Waals surface area contributed by atoms with E-state index < -0.39 is 0 Å². The van der Waals surface area contributed by atoms with Crippen LogP contribution in [0.3, 0.4) is 0 Å². The standard InChI is InChI=1S/C22H20ClN3O2/c1-13-4-10-16(11-5-13)26-21(17-3-2-12-28-17)18-19(24-25-20(18)22(26)27)14-6-8-15(23)9-7-14/h2-12,18-21,24-25H,1H3. The van der Waals surface area contributed by atoms with Crippen molar-refractivity contribution in [1.82, 2.24) is 10.9 Å². The molecule has 0 radical (unpaired) electrons. The Bertz CT molecular complexity index is 986. The normalized spacial score (nSPS) is 26.6. The SMILES string of the molecule is Cc1ccc(N2C(=O)C3NNC(c4ccc(Cl)cc4)C3C2c2ccco2)cc1. The third-order valence-corrected chi connectivity index (χ3v) is 5.94. The number of amides is 1. The third-order valence-electron chi connectivity index (χ3n) is 5.69. The molecule has 2 aromatic carbocycles. The first-order chi connectivity index (χ1) is 13.6.